The number of aliphatic hydroxyl groups is 1. The van der Waals surface area contributed by atoms with Gasteiger partial charge in [0.1, 0.15) is 5.58 Å². The van der Waals surface area contributed by atoms with Crippen LogP contribution in [0.5, 0.6) is 0 Å². The minimum Gasteiger partial charge on any atom is -0.512 e. The van der Waals surface area contributed by atoms with Crippen molar-refractivity contribution in [3.63, 3.8) is 0 Å². The van der Waals surface area contributed by atoms with Crippen LogP contribution in [-0.4, -0.2) is 15.9 Å². The number of allylic oxidation sites excluding steroid dienone is 2. The van der Waals surface area contributed by atoms with Gasteiger partial charge in [-0.2, -0.15) is 0 Å². The quantitative estimate of drug-likeness (QED) is 0.0984. The minimum absolute atomic E-state index is 0. The van der Waals surface area contributed by atoms with Gasteiger partial charge in [-0.3, -0.25) is 4.79 Å². The van der Waals surface area contributed by atoms with Gasteiger partial charge in [-0.15, -0.1) is 35.0 Å². The molecule has 8 rings (SSSR count). The largest absolute Gasteiger partial charge is 0.512 e. The predicted molar refractivity (Wildman–Crippen MR) is 219 cm³/mol. The Morgan fingerprint density at radius 3 is 1.66 bits per heavy atom. The molecule has 1 N–H and O–H groups in total. The zero-order valence-electron chi connectivity index (χ0n) is 30.7. The van der Waals surface area contributed by atoms with Gasteiger partial charge in [0.05, 0.1) is 12.0 Å². The molecule has 8 aromatic rings. The Labute approximate surface area is 324 Å². The minimum atomic E-state index is 0. The molecule has 269 valence electrons. The van der Waals surface area contributed by atoms with E-state index in [4.69, 9.17) is 9.40 Å². The number of rotatable bonds is 7. The number of hydrogen-bond acceptors (Lipinski definition) is 4. The number of aliphatic hydroxyl groups excluding tert-OH is 1. The molecular weight excluding hydrogens is 831 g/mol. The Hall–Kier alpha value is -5.09. The molecule has 0 aliphatic heterocycles. The van der Waals surface area contributed by atoms with E-state index in [0.717, 1.165) is 69.3 Å². The molecule has 5 heteroatoms. The van der Waals surface area contributed by atoms with Gasteiger partial charge in [0.2, 0.25) is 0 Å². The molecule has 53 heavy (non-hydrogen) atoms. The fourth-order valence-corrected chi connectivity index (χ4v) is 7.22. The maximum atomic E-state index is 11.7. The summed E-state index contributed by atoms with van der Waals surface area (Å²) in [5.41, 5.74) is 2.54. The van der Waals surface area contributed by atoms with Gasteiger partial charge in [0, 0.05) is 48.8 Å². The van der Waals surface area contributed by atoms with E-state index in [-0.39, 0.29) is 43.5 Å². The molecule has 6 aromatic carbocycles. The maximum Gasteiger partial charge on any atom is 0.162 e. The van der Waals surface area contributed by atoms with E-state index in [0.29, 0.717) is 0 Å². The summed E-state index contributed by atoms with van der Waals surface area (Å²) in [6.45, 7) is 8.07. The van der Waals surface area contributed by atoms with Crippen molar-refractivity contribution in [2.45, 2.75) is 53.4 Å². The van der Waals surface area contributed by atoms with Crippen molar-refractivity contribution in [1.82, 2.24) is 4.98 Å². The van der Waals surface area contributed by atoms with Crippen molar-refractivity contribution < 1.29 is 34.4 Å². The molecular formula is C48H44IrNO3-. The van der Waals surface area contributed by atoms with Crippen LogP contribution >= 0.6 is 0 Å². The van der Waals surface area contributed by atoms with Crippen LogP contribution in [0.4, 0.5) is 0 Å². The van der Waals surface area contributed by atoms with Gasteiger partial charge in [-0.25, -0.2) is 0 Å². The molecule has 0 spiro atoms. The van der Waals surface area contributed by atoms with Crippen molar-refractivity contribution in [3.8, 4) is 0 Å². The Morgan fingerprint density at radius 1 is 0.642 bits per heavy atom. The molecule has 0 saturated carbocycles. The van der Waals surface area contributed by atoms with E-state index in [1.165, 1.54) is 38.4 Å². The zero-order chi connectivity index (χ0) is 36.2. The topological polar surface area (TPSA) is 63.3 Å². The zero-order valence-corrected chi connectivity index (χ0v) is 33.0. The van der Waals surface area contributed by atoms with Gasteiger partial charge in [0.15, 0.2) is 11.4 Å². The molecule has 0 unspecified atom stereocenters. The number of fused-ring (bicyclic) bond motifs is 15. The number of carbonyl (C=O) groups is 1. The Morgan fingerprint density at radius 2 is 1.13 bits per heavy atom. The van der Waals surface area contributed by atoms with E-state index >= 15 is 0 Å². The van der Waals surface area contributed by atoms with Crippen molar-refractivity contribution in [2.75, 3.05) is 0 Å². The first kappa shape index (κ1) is 37.7. The standard InChI is InChI=1S/C35H20NO.C13H24O2.Ir/c1-5-22-15-23(6-1)25-8-3-10-27(17-25)29-13-14-34-31(19-29)32-20-33(36-21-35(32)37-34)30-12-4-11-28(18-30)26-9-2-7-24(22)16-26;1-5-10(6-2)12(14)9-13(15)11(7-3)8-4;/h1-11,13-21H;9-11,14H,5-8H2,1-4H3;/q-1;;/b;12-9-;. The summed E-state index contributed by atoms with van der Waals surface area (Å²) in [6, 6.07) is 44.5. The number of carbonyl (C=O) groups excluding carboxylic acids is 1. The van der Waals surface area contributed by atoms with E-state index in [1.54, 1.807) is 0 Å². The summed E-state index contributed by atoms with van der Waals surface area (Å²) in [5, 5.41) is 22.3. The molecule has 0 fully saturated rings. The van der Waals surface area contributed by atoms with Crippen LogP contribution in [0, 0.1) is 17.9 Å². The molecule has 1 radical (unpaired) electrons. The number of furan rings is 1. The normalized spacial score (nSPS) is 11.8. The first-order chi connectivity index (χ1) is 25.4. The van der Waals surface area contributed by atoms with E-state index < -0.39 is 0 Å². The fraction of sp³-hybridized carbons (Fsp3) is 0.208. The first-order valence-corrected chi connectivity index (χ1v) is 18.5. The molecule has 2 aromatic heterocycles. The molecule has 0 aliphatic carbocycles. The molecule has 0 saturated heterocycles. The molecule has 2 heterocycles. The van der Waals surface area contributed by atoms with Crippen LogP contribution in [0.3, 0.4) is 0 Å². The van der Waals surface area contributed by atoms with Gasteiger partial charge < -0.3 is 14.5 Å². The number of hydrogen-bond donors (Lipinski definition) is 1. The Bertz CT molecular complexity index is 2520. The summed E-state index contributed by atoms with van der Waals surface area (Å²) >= 11 is 0. The molecule has 0 amide bonds. The molecule has 4 nitrogen and oxygen atoms in total. The number of nitrogens with zero attached hydrogens (tertiary/aromatic N) is 1. The van der Waals surface area contributed by atoms with Crippen LogP contribution < -0.4 is 0 Å². The van der Waals surface area contributed by atoms with Gasteiger partial charge in [-0.1, -0.05) is 94.4 Å². The predicted octanol–water partition coefficient (Wildman–Crippen LogP) is 13.5. The van der Waals surface area contributed by atoms with Crippen molar-refractivity contribution >= 4 is 81.7 Å². The Balaban J connectivity index is 0.000000258. The van der Waals surface area contributed by atoms with Gasteiger partial charge >= 0.3 is 0 Å². The Kier molecular flexibility index (Phi) is 11.9. The monoisotopic (exact) mass is 875 g/mol. The molecule has 0 atom stereocenters. The van der Waals surface area contributed by atoms with Crippen LogP contribution in [0.2, 0.25) is 0 Å². The van der Waals surface area contributed by atoms with E-state index in [2.05, 4.69) is 115 Å². The number of aromatic nitrogens is 1. The molecule has 0 aliphatic rings. The summed E-state index contributed by atoms with van der Waals surface area (Å²) in [6.07, 6.45) is 6.74. The molecule has 12 bridgehead atoms. The van der Waals surface area contributed by atoms with Crippen LogP contribution in [0.1, 0.15) is 53.4 Å². The second kappa shape index (κ2) is 16.7. The van der Waals surface area contributed by atoms with Crippen LogP contribution in [0.25, 0.3) is 75.9 Å². The summed E-state index contributed by atoms with van der Waals surface area (Å²) in [5.74, 6) is 0.547. The van der Waals surface area contributed by atoms with Gasteiger partial charge in [-0.05, 0) is 99.2 Å². The fourth-order valence-electron chi connectivity index (χ4n) is 7.22. The second-order valence-electron chi connectivity index (χ2n) is 13.6. The third kappa shape index (κ3) is 7.98. The van der Waals surface area contributed by atoms with Gasteiger partial charge in [0.25, 0.3) is 0 Å². The van der Waals surface area contributed by atoms with E-state index in [9.17, 15) is 9.90 Å². The number of benzene rings is 5. The first-order valence-electron chi connectivity index (χ1n) is 18.5. The van der Waals surface area contributed by atoms with Crippen molar-refractivity contribution in [1.29, 1.82) is 0 Å². The van der Waals surface area contributed by atoms with E-state index in [1.807, 2.05) is 40.0 Å². The van der Waals surface area contributed by atoms with Crippen molar-refractivity contribution in [3.05, 3.63) is 139 Å². The summed E-state index contributed by atoms with van der Waals surface area (Å²) < 4.78 is 6.15. The summed E-state index contributed by atoms with van der Waals surface area (Å²) in [4.78, 5) is 16.4. The number of pyridine rings is 1. The third-order valence-electron chi connectivity index (χ3n) is 10.4. The van der Waals surface area contributed by atoms with Crippen LogP contribution in [0.15, 0.2) is 138 Å². The third-order valence-corrected chi connectivity index (χ3v) is 10.4. The smallest absolute Gasteiger partial charge is 0.162 e. The average Bonchev–Trinajstić information content (AvgIpc) is 3.56. The average molecular weight is 875 g/mol. The second-order valence-corrected chi connectivity index (χ2v) is 13.6. The number of ketones is 1. The SMILES string of the molecule is CCC(CC)C(=O)/C=C(\O)C(CC)CC.[Ir].[c-]1ccc2cc1c1cc3c(cn1)oc1ccc(cc13)c1cccc(c1)c1cccc(c1)c1cccc2c1. The van der Waals surface area contributed by atoms with Crippen LogP contribution in [-0.2, 0) is 24.9 Å². The summed E-state index contributed by atoms with van der Waals surface area (Å²) in [7, 11) is 0. The van der Waals surface area contributed by atoms with Crippen molar-refractivity contribution in [2.24, 2.45) is 11.8 Å². The maximum absolute atomic E-state index is 11.7.